The van der Waals surface area contributed by atoms with Gasteiger partial charge in [-0.25, -0.2) is 0 Å². The van der Waals surface area contributed by atoms with Crippen LogP contribution in [-0.2, 0) is 4.74 Å². The lowest BCUT2D eigenvalue weighted by Crippen LogP contribution is -1.96. The van der Waals surface area contributed by atoms with Crippen LogP contribution in [0.25, 0.3) is 0 Å². The van der Waals surface area contributed by atoms with Gasteiger partial charge in [-0.15, -0.1) is 0 Å². The Labute approximate surface area is 102 Å². The van der Waals surface area contributed by atoms with Gasteiger partial charge in [0.15, 0.2) is 0 Å². The van der Waals surface area contributed by atoms with Crippen molar-refractivity contribution in [3.05, 3.63) is 48.3 Å². The smallest absolute Gasteiger partial charge is 0.118 e. The summed E-state index contributed by atoms with van der Waals surface area (Å²) in [6.07, 6.45) is 5.67. The monoisotopic (exact) mass is 272 g/mol. The van der Waals surface area contributed by atoms with Gasteiger partial charge in [0.05, 0.1) is 7.11 Å². The lowest BCUT2D eigenvalue weighted by atomic mass is 10.1. The molecule has 0 N–H and O–H groups in total. The molecule has 0 aromatic carbocycles. The highest BCUT2D eigenvalue weighted by atomic mass is 79.9. The second-order valence-electron chi connectivity index (χ2n) is 2.39. The average molecular weight is 273 g/mol. The maximum Gasteiger partial charge on any atom is 0.118 e. The van der Waals surface area contributed by atoms with Crippen LogP contribution in [0.15, 0.2) is 48.3 Å². The molecule has 0 aliphatic carbocycles. The summed E-state index contributed by atoms with van der Waals surface area (Å²) < 4.78 is 5.07. The molecule has 0 amide bonds. The molecule has 0 rings (SSSR count). The highest BCUT2D eigenvalue weighted by Gasteiger charge is 2.05. The Hall–Kier alpha value is -0.760. The van der Waals surface area contributed by atoms with Crippen molar-refractivity contribution in [3.8, 4) is 0 Å². The molecule has 1 nitrogen and oxygen atoms in total. The maximum absolute atomic E-state index is 5.07. The van der Waals surface area contributed by atoms with Crippen LogP contribution in [0.2, 0.25) is 0 Å². The summed E-state index contributed by atoms with van der Waals surface area (Å²) in [5.74, 6) is 0.676. The number of rotatable bonds is 5. The zero-order valence-corrected chi connectivity index (χ0v) is 11.7. The van der Waals surface area contributed by atoms with E-state index in [-0.39, 0.29) is 0 Å². The fourth-order valence-corrected chi connectivity index (χ4v) is 1.47. The second-order valence-corrected chi connectivity index (χ2v) is 2.95. The molecule has 0 spiro atoms. The van der Waals surface area contributed by atoms with Crippen molar-refractivity contribution in [2.24, 2.45) is 0 Å². The van der Waals surface area contributed by atoms with Crippen molar-refractivity contribution in [2.45, 2.75) is 20.8 Å². The molecule has 0 aliphatic heterocycles. The largest absolute Gasteiger partial charge is 0.497 e. The average Bonchev–Trinajstić information content (AvgIpc) is 2.31. The molecule has 0 saturated carbocycles. The van der Waals surface area contributed by atoms with E-state index in [0.29, 0.717) is 5.76 Å². The number of alkyl halides is 1. The first-order chi connectivity index (χ1) is 7.21. The van der Waals surface area contributed by atoms with Crippen molar-refractivity contribution in [2.75, 3.05) is 12.4 Å². The highest BCUT2D eigenvalue weighted by Crippen LogP contribution is 2.20. The molecule has 0 heterocycles. The van der Waals surface area contributed by atoms with E-state index in [9.17, 15) is 0 Å². The minimum Gasteiger partial charge on any atom is -0.497 e. The van der Waals surface area contributed by atoms with E-state index >= 15 is 0 Å². The first kappa shape index (κ1) is 16.7. The summed E-state index contributed by atoms with van der Waals surface area (Å²) in [4.78, 5) is 0. The summed E-state index contributed by atoms with van der Waals surface area (Å²) in [5, 5.41) is 0.765. The van der Waals surface area contributed by atoms with E-state index in [1.54, 1.807) is 13.2 Å². The SMILES string of the molecule is C=C/C=C(CBr)\C(=C/C)C(=C)OC.CC. The van der Waals surface area contributed by atoms with E-state index in [2.05, 4.69) is 29.1 Å². The normalized spacial score (nSPS) is 11.3. The van der Waals surface area contributed by atoms with Crippen LogP contribution in [0.3, 0.4) is 0 Å². The Bertz CT molecular complexity index is 249. The maximum atomic E-state index is 5.07. The molecule has 2 heteroatoms. The minimum absolute atomic E-state index is 0.676. The number of halogens is 1. The molecular formula is C13H21BrO. The molecule has 15 heavy (non-hydrogen) atoms. The zero-order chi connectivity index (χ0) is 12.3. The first-order valence-corrected chi connectivity index (χ1v) is 6.10. The van der Waals surface area contributed by atoms with E-state index in [4.69, 9.17) is 4.74 Å². The van der Waals surface area contributed by atoms with E-state index in [1.807, 2.05) is 32.9 Å². The van der Waals surface area contributed by atoms with Crippen LogP contribution in [-0.4, -0.2) is 12.4 Å². The Balaban J connectivity index is 0. The van der Waals surface area contributed by atoms with Gasteiger partial charge in [-0.2, -0.15) is 0 Å². The minimum atomic E-state index is 0.676. The fraction of sp³-hybridized carbons (Fsp3) is 0.385. The molecule has 0 radical (unpaired) electrons. The zero-order valence-electron chi connectivity index (χ0n) is 10.1. The van der Waals surface area contributed by atoms with Gasteiger partial charge < -0.3 is 4.74 Å². The third-order valence-corrected chi connectivity index (χ3v) is 2.25. The third-order valence-electron chi connectivity index (χ3n) is 1.64. The predicted molar refractivity (Wildman–Crippen MR) is 73.3 cm³/mol. The summed E-state index contributed by atoms with van der Waals surface area (Å²) in [6, 6.07) is 0. The fourth-order valence-electron chi connectivity index (χ4n) is 0.984. The van der Waals surface area contributed by atoms with Crippen molar-refractivity contribution in [3.63, 3.8) is 0 Å². The van der Waals surface area contributed by atoms with Crippen LogP contribution in [0, 0.1) is 0 Å². The molecule has 0 aromatic heterocycles. The van der Waals surface area contributed by atoms with Gasteiger partial charge in [0.2, 0.25) is 0 Å². The van der Waals surface area contributed by atoms with Gasteiger partial charge in [-0.1, -0.05) is 61.2 Å². The lowest BCUT2D eigenvalue weighted by molar-refractivity contribution is 0.304. The van der Waals surface area contributed by atoms with Gasteiger partial charge >= 0.3 is 0 Å². The molecule has 0 bridgehead atoms. The highest BCUT2D eigenvalue weighted by molar-refractivity contribution is 9.09. The number of hydrogen-bond donors (Lipinski definition) is 0. The van der Waals surface area contributed by atoms with Gasteiger partial charge in [0, 0.05) is 10.9 Å². The summed E-state index contributed by atoms with van der Waals surface area (Å²) in [6.45, 7) is 13.4. The van der Waals surface area contributed by atoms with Crippen LogP contribution < -0.4 is 0 Å². The number of allylic oxidation sites excluding steroid dienone is 4. The number of hydrogen-bond acceptors (Lipinski definition) is 1. The summed E-state index contributed by atoms with van der Waals surface area (Å²) in [5.41, 5.74) is 2.13. The molecular weight excluding hydrogens is 252 g/mol. The first-order valence-electron chi connectivity index (χ1n) is 4.98. The molecule has 0 atom stereocenters. The van der Waals surface area contributed by atoms with Crippen LogP contribution in [0.4, 0.5) is 0 Å². The molecule has 0 fully saturated rings. The van der Waals surface area contributed by atoms with E-state index < -0.39 is 0 Å². The van der Waals surface area contributed by atoms with Crippen molar-refractivity contribution in [1.29, 1.82) is 0 Å². The number of ether oxygens (including phenoxy) is 1. The molecule has 0 unspecified atom stereocenters. The van der Waals surface area contributed by atoms with Crippen LogP contribution >= 0.6 is 15.9 Å². The van der Waals surface area contributed by atoms with Gasteiger partial charge in [0.1, 0.15) is 5.76 Å². The van der Waals surface area contributed by atoms with Gasteiger partial charge in [0.25, 0.3) is 0 Å². The lowest BCUT2D eigenvalue weighted by Gasteiger charge is -2.10. The van der Waals surface area contributed by atoms with Gasteiger partial charge in [-0.3, -0.25) is 0 Å². The quantitative estimate of drug-likeness (QED) is 0.403. The predicted octanol–water partition coefficient (Wildman–Crippen LogP) is 4.63. The Morgan fingerprint density at radius 2 is 1.93 bits per heavy atom. The molecule has 0 saturated heterocycles. The van der Waals surface area contributed by atoms with E-state index in [1.165, 1.54) is 0 Å². The van der Waals surface area contributed by atoms with Crippen molar-refractivity contribution >= 4 is 15.9 Å². The van der Waals surface area contributed by atoms with Crippen molar-refractivity contribution < 1.29 is 4.74 Å². The van der Waals surface area contributed by atoms with Crippen LogP contribution in [0.1, 0.15) is 20.8 Å². The Morgan fingerprint density at radius 1 is 1.40 bits per heavy atom. The Morgan fingerprint density at radius 3 is 2.20 bits per heavy atom. The Kier molecular flexibility index (Phi) is 12.6. The molecule has 0 aliphatic rings. The molecule has 86 valence electrons. The topological polar surface area (TPSA) is 9.23 Å². The van der Waals surface area contributed by atoms with E-state index in [0.717, 1.165) is 16.5 Å². The van der Waals surface area contributed by atoms with Gasteiger partial charge in [-0.05, 0) is 12.5 Å². The second kappa shape index (κ2) is 11.3. The standard InChI is InChI=1S/C11H15BrO.C2H6/c1-5-7-10(8-12)11(6-2)9(3)13-4;1-2/h5-7H,1,3,8H2,2,4H3;1-2H3/b10-7-,11-6-;. The van der Waals surface area contributed by atoms with Crippen LogP contribution in [0.5, 0.6) is 0 Å². The molecule has 0 aromatic rings. The third kappa shape index (κ3) is 6.34. The van der Waals surface area contributed by atoms with Crippen molar-refractivity contribution in [1.82, 2.24) is 0 Å². The summed E-state index contributed by atoms with van der Waals surface area (Å²) in [7, 11) is 1.62. The number of methoxy groups -OCH3 is 1. The summed E-state index contributed by atoms with van der Waals surface area (Å²) >= 11 is 3.40.